The van der Waals surface area contributed by atoms with Crippen molar-refractivity contribution in [2.75, 3.05) is 13.1 Å². The van der Waals surface area contributed by atoms with Gasteiger partial charge in [0.2, 0.25) is 0 Å². The fraction of sp³-hybridized carbons (Fsp3) is 0.455. The molecule has 0 saturated carbocycles. The van der Waals surface area contributed by atoms with Gasteiger partial charge in [0.15, 0.2) is 0 Å². The van der Waals surface area contributed by atoms with Crippen molar-refractivity contribution in [3.63, 3.8) is 0 Å². The van der Waals surface area contributed by atoms with E-state index in [1.165, 1.54) is 0 Å². The number of benzene rings is 1. The van der Waals surface area contributed by atoms with E-state index in [2.05, 4.69) is 5.32 Å². The van der Waals surface area contributed by atoms with Gasteiger partial charge in [-0.2, -0.15) is 0 Å². The molecule has 0 radical (unpaired) electrons. The Balaban J connectivity index is 1.98. The highest BCUT2D eigenvalue weighted by molar-refractivity contribution is 6.30. The first-order chi connectivity index (χ1) is 6.75. The van der Waals surface area contributed by atoms with E-state index in [9.17, 15) is 4.39 Å². The number of nitrogens with one attached hydrogen (secondary N) is 1. The number of rotatable bonds is 3. The largest absolute Gasteiger partial charge is 0.316 e. The van der Waals surface area contributed by atoms with E-state index in [1.807, 2.05) is 0 Å². The van der Waals surface area contributed by atoms with E-state index in [0.717, 1.165) is 13.1 Å². The number of halogens is 2. The van der Waals surface area contributed by atoms with Crippen LogP contribution in [0.1, 0.15) is 18.2 Å². The van der Waals surface area contributed by atoms with Crippen LogP contribution in [0.15, 0.2) is 24.3 Å². The van der Waals surface area contributed by atoms with Crippen LogP contribution in [-0.4, -0.2) is 13.1 Å². The lowest BCUT2D eigenvalue weighted by molar-refractivity contribution is 0.224. The van der Waals surface area contributed by atoms with Crippen molar-refractivity contribution in [1.29, 1.82) is 0 Å². The second kappa shape index (κ2) is 4.28. The van der Waals surface area contributed by atoms with Crippen molar-refractivity contribution in [1.82, 2.24) is 5.32 Å². The molecule has 1 aromatic rings. The van der Waals surface area contributed by atoms with Crippen LogP contribution in [-0.2, 0) is 0 Å². The van der Waals surface area contributed by atoms with Gasteiger partial charge in [-0.25, -0.2) is 4.39 Å². The van der Waals surface area contributed by atoms with Crippen LogP contribution in [0.25, 0.3) is 0 Å². The average molecular weight is 214 g/mol. The van der Waals surface area contributed by atoms with Gasteiger partial charge in [0.05, 0.1) is 0 Å². The maximum atomic E-state index is 13.7. The molecular weight excluding hydrogens is 201 g/mol. The zero-order valence-electron chi connectivity index (χ0n) is 7.84. The van der Waals surface area contributed by atoms with Gasteiger partial charge < -0.3 is 5.32 Å². The molecule has 1 unspecified atom stereocenters. The summed E-state index contributed by atoms with van der Waals surface area (Å²) in [7, 11) is 0. The lowest BCUT2D eigenvalue weighted by Gasteiger charge is -2.28. The standard InChI is InChI=1S/C11H13ClFN/c12-10-3-1-2-9(5-10)11(13)4-8-6-14-7-8/h1-3,5,8,11,14H,4,6-7H2. The van der Waals surface area contributed by atoms with Gasteiger partial charge in [-0.1, -0.05) is 23.7 Å². The SMILES string of the molecule is FC(CC1CNC1)c1cccc(Cl)c1. The van der Waals surface area contributed by atoms with Gasteiger partial charge >= 0.3 is 0 Å². The van der Waals surface area contributed by atoms with Crippen LogP contribution in [0.5, 0.6) is 0 Å². The Morgan fingerprint density at radius 1 is 1.50 bits per heavy atom. The van der Waals surface area contributed by atoms with Crippen LogP contribution < -0.4 is 5.32 Å². The molecule has 1 aliphatic rings. The van der Waals surface area contributed by atoms with Crippen LogP contribution in [0.4, 0.5) is 4.39 Å². The maximum Gasteiger partial charge on any atom is 0.126 e. The van der Waals surface area contributed by atoms with Gasteiger partial charge in [0, 0.05) is 5.02 Å². The molecule has 1 saturated heterocycles. The second-order valence-corrected chi connectivity index (χ2v) is 4.22. The summed E-state index contributed by atoms with van der Waals surface area (Å²) in [5.41, 5.74) is 0.699. The Bertz CT molecular complexity index is 312. The van der Waals surface area contributed by atoms with Crippen molar-refractivity contribution in [2.45, 2.75) is 12.6 Å². The van der Waals surface area contributed by atoms with E-state index in [4.69, 9.17) is 11.6 Å². The maximum absolute atomic E-state index is 13.7. The monoisotopic (exact) mass is 213 g/mol. The molecule has 1 fully saturated rings. The predicted octanol–water partition coefficient (Wildman–Crippen LogP) is 2.96. The first kappa shape index (κ1) is 9.94. The summed E-state index contributed by atoms with van der Waals surface area (Å²) >= 11 is 5.79. The molecule has 1 atom stereocenters. The van der Waals surface area contributed by atoms with Crippen molar-refractivity contribution in [3.05, 3.63) is 34.9 Å². The third-order valence-corrected chi connectivity index (χ3v) is 2.85. The normalized spacial score (nSPS) is 19.0. The van der Waals surface area contributed by atoms with E-state index < -0.39 is 6.17 Å². The smallest absolute Gasteiger partial charge is 0.126 e. The number of hydrogen-bond acceptors (Lipinski definition) is 1. The van der Waals surface area contributed by atoms with E-state index >= 15 is 0 Å². The molecule has 0 spiro atoms. The first-order valence-electron chi connectivity index (χ1n) is 4.86. The highest BCUT2D eigenvalue weighted by Gasteiger charge is 2.22. The molecule has 1 nitrogen and oxygen atoms in total. The minimum Gasteiger partial charge on any atom is -0.316 e. The summed E-state index contributed by atoms with van der Waals surface area (Å²) in [4.78, 5) is 0. The molecule has 76 valence electrons. The van der Waals surface area contributed by atoms with Crippen molar-refractivity contribution in [2.24, 2.45) is 5.92 Å². The van der Waals surface area contributed by atoms with Gasteiger partial charge in [0.25, 0.3) is 0 Å². The molecule has 1 aromatic carbocycles. The van der Waals surface area contributed by atoms with E-state index in [1.54, 1.807) is 24.3 Å². The van der Waals surface area contributed by atoms with Crippen molar-refractivity contribution >= 4 is 11.6 Å². The second-order valence-electron chi connectivity index (χ2n) is 3.78. The molecule has 1 aliphatic heterocycles. The minimum absolute atomic E-state index is 0.490. The Morgan fingerprint density at radius 3 is 2.86 bits per heavy atom. The van der Waals surface area contributed by atoms with E-state index in [0.29, 0.717) is 22.9 Å². The third-order valence-electron chi connectivity index (χ3n) is 2.62. The van der Waals surface area contributed by atoms with Crippen molar-refractivity contribution in [3.8, 4) is 0 Å². The molecule has 2 rings (SSSR count). The molecule has 0 amide bonds. The van der Waals surface area contributed by atoms with Crippen molar-refractivity contribution < 1.29 is 4.39 Å². The summed E-state index contributed by atoms with van der Waals surface area (Å²) in [5.74, 6) is 0.490. The summed E-state index contributed by atoms with van der Waals surface area (Å²) in [6.07, 6.45) is -0.270. The zero-order chi connectivity index (χ0) is 9.97. The zero-order valence-corrected chi connectivity index (χ0v) is 8.60. The molecule has 0 aliphatic carbocycles. The summed E-state index contributed by atoms with van der Waals surface area (Å²) in [6, 6.07) is 7.06. The van der Waals surface area contributed by atoms with Crippen LogP contribution in [0, 0.1) is 5.92 Å². The Hall–Kier alpha value is -0.600. The topological polar surface area (TPSA) is 12.0 Å². The molecule has 14 heavy (non-hydrogen) atoms. The van der Waals surface area contributed by atoms with Crippen LogP contribution >= 0.6 is 11.6 Å². The Morgan fingerprint density at radius 2 is 2.29 bits per heavy atom. The summed E-state index contributed by atoms with van der Waals surface area (Å²) < 4.78 is 13.7. The lowest BCUT2D eigenvalue weighted by Crippen LogP contribution is -2.42. The summed E-state index contributed by atoms with van der Waals surface area (Å²) in [6.45, 7) is 1.89. The van der Waals surface area contributed by atoms with Crippen LogP contribution in [0.2, 0.25) is 5.02 Å². The molecule has 1 heterocycles. The van der Waals surface area contributed by atoms with Gasteiger partial charge in [-0.05, 0) is 43.1 Å². The Labute approximate surface area is 88.3 Å². The highest BCUT2D eigenvalue weighted by atomic mass is 35.5. The number of alkyl halides is 1. The van der Waals surface area contributed by atoms with Gasteiger partial charge in [-0.3, -0.25) is 0 Å². The van der Waals surface area contributed by atoms with Gasteiger partial charge in [0.1, 0.15) is 6.17 Å². The molecule has 1 N–H and O–H groups in total. The molecule has 0 aromatic heterocycles. The third kappa shape index (κ3) is 2.25. The fourth-order valence-electron chi connectivity index (χ4n) is 1.65. The fourth-order valence-corrected chi connectivity index (χ4v) is 1.84. The molecule has 0 bridgehead atoms. The predicted molar refractivity (Wildman–Crippen MR) is 56.3 cm³/mol. The number of hydrogen-bond donors (Lipinski definition) is 1. The Kier molecular flexibility index (Phi) is 3.04. The molecular formula is C11H13ClFN. The van der Waals surface area contributed by atoms with Crippen LogP contribution in [0.3, 0.4) is 0 Å². The quantitative estimate of drug-likeness (QED) is 0.814. The lowest BCUT2D eigenvalue weighted by atomic mass is 9.93. The first-order valence-corrected chi connectivity index (χ1v) is 5.24. The summed E-state index contributed by atoms with van der Waals surface area (Å²) in [5, 5.41) is 3.74. The van der Waals surface area contributed by atoms with Gasteiger partial charge in [-0.15, -0.1) is 0 Å². The molecule has 3 heteroatoms. The highest BCUT2D eigenvalue weighted by Crippen LogP contribution is 2.28. The minimum atomic E-state index is -0.874. The average Bonchev–Trinajstić information content (AvgIpc) is 2.11. The van der Waals surface area contributed by atoms with E-state index in [-0.39, 0.29) is 0 Å².